The highest BCUT2D eigenvalue weighted by atomic mass is 16.2. The molecule has 0 unspecified atom stereocenters. The van der Waals surface area contributed by atoms with E-state index in [-0.39, 0.29) is 17.9 Å². The van der Waals surface area contributed by atoms with Crippen LogP contribution >= 0.6 is 0 Å². The summed E-state index contributed by atoms with van der Waals surface area (Å²) in [4.78, 5) is 27.4. The zero-order chi connectivity index (χ0) is 13.2. The number of para-hydroxylation sites is 1. The summed E-state index contributed by atoms with van der Waals surface area (Å²) in [5.41, 5.74) is 0.777. The number of carbonyl (C=O) groups excluding carboxylic acids is 2. The minimum absolute atomic E-state index is 0.141. The van der Waals surface area contributed by atoms with Crippen molar-refractivity contribution in [2.75, 3.05) is 25.1 Å². The highest BCUT2D eigenvalue weighted by molar-refractivity contribution is 5.90. The second kappa shape index (κ2) is 4.91. The first kappa shape index (κ1) is 12.0. The van der Waals surface area contributed by atoms with Gasteiger partial charge < -0.3 is 15.1 Å². The molecule has 1 aliphatic heterocycles. The Morgan fingerprint density at radius 3 is 2.42 bits per heavy atom. The molecule has 19 heavy (non-hydrogen) atoms. The third-order valence-corrected chi connectivity index (χ3v) is 3.53. The van der Waals surface area contributed by atoms with Gasteiger partial charge in [-0.1, -0.05) is 18.2 Å². The van der Waals surface area contributed by atoms with Crippen LogP contribution in [0.2, 0.25) is 0 Å². The first-order valence-corrected chi connectivity index (χ1v) is 6.64. The van der Waals surface area contributed by atoms with Gasteiger partial charge in [-0.2, -0.15) is 0 Å². The van der Waals surface area contributed by atoms with E-state index in [2.05, 4.69) is 5.32 Å². The first-order valence-electron chi connectivity index (χ1n) is 6.64. The number of benzene rings is 1. The van der Waals surface area contributed by atoms with E-state index in [0.717, 1.165) is 18.5 Å². The molecule has 1 saturated carbocycles. The maximum absolute atomic E-state index is 12.0. The molecule has 2 aliphatic rings. The van der Waals surface area contributed by atoms with Gasteiger partial charge in [-0.3, -0.25) is 4.79 Å². The Bertz CT molecular complexity index is 485. The minimum atomic E-state index is -0.141. The van der Waals surface area contributed by atoms with Crippen LogP contribution in [0.25, 0.3) is 0 Å². The number of nitrogens with one attached hydrogen (secondary N) is 1. The van der Waals surface area contributed by atoms with Crippen molar-refractivity contribution in [1.82, 2.24) is 9.80 Å². The van der Waals surface area contributed by atoms with Gasteiger partial charge in [0.1, 0.15) is 0 Å². The molecule has 1 saturated heterocycles. The van der Waals surface area contributed by atoms with E-state index < -0.39 is 0 Å². The first-order chi connectivity index (χ1) is 9.24. The zero-order valence-electron chi connectivity index (χ0n) is 10.7. The maximum Gasteiger partial charge on any atom is 0.323 e. The molecule has 100 valence electrons. The van der Waals surface area contributed by atoms with Crippen LogP contribution in [0, 0.1) is 5.92 Å². The molecule has 0 spiro atoms. The van der Waals surface area contributed by atoms with E-state index in [1.54, 1.807) is 9.80 Å². The van der Waals surface area contributed by atoms with Crippen LogP contribution in [0.5, 0.6) is 0 Å². The van der Waals surface area contributed by atoms with E-state index in [0.29, 0.717) is 19.8 Å². The van der Waals surface area contributed by atoms with Crippen molar-refractivity contribution in [2.45, 2.75) is 12.8 Å². The quantitative estimate of drug-likeness (QED) is 0.879. The predicted molar refractivity (Wildman–Crippen MR) is 71.5 cm³/mol. The number of hydrogen-bond acceptors (Lipinski definition) is 2. The third kappa shape index (κ3) is 2.70. The summed E-state index contributed by atoms with van der Waals surface area (Å²) in [6.45, 7) is 1.67. The smallest absolute Gasteiger partial charge is 0.323 e. The van der Waals surface area contributed by atoms with E-state index in [1.807, 2.05) is 30.3 Å². The highest BCUT2D eigenvalue weighted by Crippen LogP contribution is 2.31. The Balaban J connectivity index is 1.55. The molecule has 1 N–H and O–H groups in total. The fourth-order valence-electron chi connectivity index (χ4n) is 2.25. The molecule has 3 rings (SSSR count). The number of urea groups is 1. The predicted octanol–water partition coefficient (Wildman–Crippen LogP) is 1.73. The lowest BCUT2D eigenvalue weighted by molar-refractivity contribution is -0.131. The molecule has 2 fully saturated rings. The molecule has 1 aliphatic carbocycles. The van der Waals surface area contributed by atoms with Crippen molar-refractivity contribution in [2.24, 2.45) is 5.92 Å². The molecule has 0 bridgehead atoms. The summed E-state index contributed by atoms with van der Waals surface area (Å²) >= 11 is 0. The van der Waals surface area contributed by atoms with Crippen LogP contribution in [0.3, 0.4) is 0 Å². The van der Waals surface area contributed by atoms with Crippen LogP contribution in [-0.2, 0) is 4.79 Å². The fourth-order valence-corrected chi connectivity index (χ4v) is 2.25. The topological polar surface area (TPSA) is 52.7 Å². The molecule has 5 nitrogen and oxygen atoms in total. The van der Waals surface area contributed by atoms with Crippen LogP contribution in [0.4, 0.5) is 10.5 Å². The van der Waals surface area contributed by atoms with Crippen molar-refractivity contribution in [3.63, 3.8) is 0 Å². The van der Waals surface area contributed by atoms with Gasteiger partial charge in [0.25, 0.3) is 0 Å². The molecule has 1 heterocycles. The summed E-state index contributed by atoms with van der Waals surface area (Å²) < 4.78 is 0. The van der Waals surface area contributed by atoms with Crippen molar-refractivity contribution in [3.8, 4) is 0 Å². The van der Waals surface area contributed by atoms with Gasteiger partial charge in [-0.25, -0.2) is 4.79 Å². The molecule has 5 heteroatoms. The molecule has 1 aromatic carbocycles. The number of amides is 3. The second-order valence-corrected chi connectivity index (χ2v) is 5.08. The monoisotopic (exact) mass is 259 g/mol. The van der Waals surface area contributed by atoms with E-state index in [9.17, 15) is 9.59 Å². The lowest BCUT2D eigenvalue weighted by Gasteiger charge is -2.18. The van der Waals surface area contributed by atoms with Gasteiger partial charge in [0.15, 0.2) is 0 Å². The normalized spacial score (nSPS) is 18.5. The Morgan fingerprint density at radius 2 is 1.74 bits per heavy atom. The van der Waals surface area contributed by atoms with Crippen molar-refractivity contribution >= 4 is 17.6 Å². The highest BCUT2D eigenvalue weighted by Gasteiger charge is 2.36. The Hall–Kier alpha value is -2.04. The number of nitrogens with zero attached hydrogens (tertiary/aromatic N) is 2. The average Bonchev–Trinajstić information content (AvgIpc) is 3.16. The summed E-state index contributed by atoms with van der Waals surface area (Å²) in [6, 6.07) is 9.21. The number of hydrogen-bond donors (Lipinski definition) is 1. The Labute approximate surface area is 112 Å². The van der Waals surface area contributed by atoms with Crippen molar-refractivity contribution in [1.29, 1.82) is 0 Å². The lowest BCUT2D eigenvalue weighted by atomic mass is 10.3. The summed E-state index contributed by atoms with van der Waals surface area (Å²) in [6.07, 6.45) is 2.01. The van der Waals surface area contributed by atoms with E-state index >= 15 is 0 Å². The maximum atomic E-state index is 12.0. The van der Waals surface area contributed by atoms with Crippen LogP contribution in [0.1, 0.15) is 12.8 Å². The van der Waals surface area contributed by atoms with Gasteiger partial charge in [0.2, 0.25) is 5.91 Å². The van der Waals surface area contributed by atoms with Crippen LogP contribution in [0.15, 0.2) is 30.3 Å². The van der Waals surface area contributed by atoms with Gasteiger partial charge in [-0.15, -0.1) is 0 Å². The SMILES string of the molecule is O=C(Nc1ccccc1)N1CCN(C(=O)C2CC2)C1. The Morgan fingerprint density at radius 1 is 1.05 bits per heavy atom. The molecular weight excluding hydrogens is 242 g/mol. The Kier molecular flexibility index (Phi) is 3.11. The van der Waals surface area contributed by atoms with Crippen LogP contribution < -0.4 is 5.32 Å². The molecule has 3 amide bonds. The molecule has 0 radical (unpaired) electrons. The largest absolute Gasteiger partial charge is 0.323 e. The van der Waals surface area contributed by atoms with Gasteiger partial charge in [0.05, 0.1) is 6.67 Å². The lowest BCUT2D eigenvalue weighted by Crippen LogP contribution is -2.36. The third-order valence-electron chi connectivity index (χ3n) is 3.53. The standard InChI is InChI=1S/C14H17N3O2/c18-13(11-6-7-11)16-8-9-17(10-16)14(19)15-12-4-2-1-3-5-12/h1-5,11H,6-10H2,(H,15,19). The van der Waals surface area contributed by atoms with Gasteiger partial charge in [0, 0.05) is 24.7 Å². The number of carbonyl (C=O) groups is 2. The number of rotatable bonds is 2. The van der Waals surface area contributed by atoms with Crippen LogP contribution in [-0.4, -0.2) is 41.5 Å². The second-order valence-electron chi connectivity index (χ2n) is 5.08. The molecule has 1 aromatic rings. The number of anilines is 1. The average molecular weight is 259 g/mol. The van der Waals surface area contributed by atoms with Gasteiger partial charge in [-0.05, 0) is 25.0 Å². The minimum Gasteiger partial charge on any atom is -0.323 e. The molecule has 0 atom stereocenters. The fraction of sp³-hybridized carbons (Fsp3) is 0.429. The van der Waals surface area contributed by atoms with Crippen molar-refractivity contribution < 1.29 is 9.59 Å². The summed E-state index contributed by atoms with van der Waals surface area (Å²) in [7, 11) is 0. The van der Waals surface area contributed by atoms with Crippen molar-refractivity contribution in [3.05, 3.63) is 30.3 Å². The summed E-state index contributed by atoms with van der Waals surface area (Å²) in [5, 5.41) is 2.84. The summed E-state index contributed by atoms with van der Waals surface area (Å²) in [5.74, 6) is 0.423. The molecular formula is C14H17N3O2. The van der Waals surface area contributed by atoms with E-state index in [4.69, 9.17) is 0 Å². The van der Waals surface area contributed by atoms with E-state index in [1.165, 1.54) is 0 Å². The zero-order valence-corrected chi connectivity index (χ0v) is 10.7. The molecule has 0 aromatic heterocycles. The van der Waals surface area contributed by atoms with Gasteiger partial charge >= 0.3 is 6.03 Å².